The Kier molecular flexibility index (Phi) is 10.4. The molecule has 1 fully saturated rings. The summed E-state index contributed by atoms with van der Waals surface area (Å²) >= 11 is 7.08. The number of piperidine rings is 1. The van der Waals surface area contributed by atoms with Crippen molar-refractivity contribution in [1.82, 2.24) is 14.9 Å². The summed E-state index contributed by atoms with van der Waals surface area (Å²) in [4.78, 5) is 13.1. The van der Waals surface area contributed by atoms with Crippen LogP contribution in [0.4, 0.5) is 0 Å². The molecule has 2 N–H and O–H groups in total. The van der Waals surface area contributed by atoms with Crippen LogP contribution in [0.5, 0.6) is 0 Å². The molecule has 0 aliphatic carbocycles. The number of carbonyl (C=O) groups excluding carboxylic acids is 1. The second-order valence-electron chi connectivity index (χ2n) is 8.91. The molecule has 0 bridgehead atoms. The van der Waals surface area contributed by atoms with Crippen molar-refractivity contribution in [3.05, 3.63) is 51.9 Å². The topological polar surface area (TPSA) is 78.5 Å². The molecule has 0 saturated carbocycles. The van der Waals surface area contributed by atoms with Gasteiger partial charge < -0.3 is 10.6 Å². The number of sulfonamides is 1. The van der Waals surface area contributed by atoms with Crippen LogP contribution >= 0.6 is 22.9 Å². The van der Waals surface area contributed by atoms with E-state index in [-0.39, 0.29) is 12.5 Å². The maximum atomic E-state index is 13.1. The molecule has 9 heteroatoms. The van der Waals surface area contributed by atoms with Gasteiger partial charge in [-0.15, -0.1) is 11.3 Å². The molecule has 1 atom stereocenters. The van der Waals surface area contributed by atoms with Gasteiger partial charge in [0.25, 0.3) is 15.9 Å². The highest BCUT2D eigenvalue weighted by Crippen LogP contribution is 2.27. The Labute approximate surface area is 213 Å². The molecule has 6 nitrogen and oxygen atoms in total. The number of nitrogens with zero attached hydrogens (tertiary/aromatic N) is 1. The van der Waals surface area contributed by atoms with Gasteiger partial charge in [0.2, 0.25) is 0 Å². The second kappa shape index (κ2) is 13.0. The molecule has 1 amide bonds. The predicted octanol–water partition coefficient (Wildman–Crippen LogP) is 5.29. The summed E-state index contributed by atoms with van der Waals surface area (Å²) in [5.74, 6) is 0.482. The van der Waals surface area contributed by atoms with Gasteiger partial charge in [-0.05, 0) is 68.1 Å². The van der Waals surface area contributed by atoms with Crippen LogP contribution < -0.4 is 10.6 Å². The molecule has 2 aromatic rings. The van der Waals surface area contributed by atoms with Crippen LogP contribution in [0.15, 0.2) is 40.6 Å². The van der Waals surface area contributed by atoms with Gasteiger partial charge in [-0.3, -0.25) is 4.79 Å². The standard InChI is InChI=1S/C25H36ClN3O3S2/c1-3-5-6-19(4-2)17-27-22-13-15-29(16-14-22)34(31,32)24-12-11-23(33-24)18-28-25(30)20-7-9-21(26)10-8-20/h7-12,19,22,27H,3-6,13-18H2,1-2H3,(H,28,30). The monoisotopic (exact) mass is 525 g/mol. The van der Waals surface area contributed by atoms with Gasteiger partial charge in [0.1, 0.15) is 4.21 Å². The number of amides is 1. The number of benzene rings is 1. The first-order valence-corrected chi connectivity index (χ1v) is 14.8. The average Bonchev–Trinajstić information content (AvgIpc) is 3.33. The number of thiophene rings is 1. The van der Waals surface area contributed by atoms with Crippen LogP contribution in [0, 0.1) is 5.92 Å². The van der Waals surface area contributed by atoms with Gasteiger partial charge in [-0.1, -0.05) is 44.7 Å². The summed E-state index contributed by atoms with van der Waals surface area (Å²) in [7, 11) is -3.51. The molecule has 1 aliphatic rings. The molecular formula is C25H36ClN3O3S2. The molecule has 2 heterocycles. The number of nitrogens with one attached hydrogen (secondary N) is 2. The summed E-state index contributed by atoms with van der Waals surface area (Å²) in [6, 6.07) is 10.5. The van der Waals surface area contributed by atoms with Gasteiger partial charge in [-0.25, -0.2) is 8.42 Å². The van der Waals surface area contributed by atoms with E-state index < -0.39 is 10.0 Å². The van der Waals surface area contributed by atoms with E-state index in [1.807, 2.05) is 0 Å². The van der Waals surface area contributed by atoms with Crippen molar-refractivity contribution in [2.45, 2.75) is 69.2 Å². The number of hydrogen-bond donors (Lipinski definition) is 2. The SMILES string of the molecule is CCCCC(CC)CNC1CCN(S(=O)(=O)c2ccc(CNC(=O)c3ccc(Cl)cc3)s2)CC1. The highest BCUT2D eigenvalue weighted by atomic mass is 35.5. The molecule has 34 heavy (non-hydrogen) atoms. The smallest absolute Gasteiger partial charge is 0.252 e. The van der Waals surface area contributed by atoms with Crippen LogP contribution in [0.1, 0.15) is 67.6 Å². The first-order chi connectivity index (χ1) is 16.3. The first-order valence-electron chi connectivity index (χ1n) is 12.2. The van der Waals surface area contributed by atoms with Crippen molar-refractivity contribution in [3.8, 4) is 0 Å². The van der Waals surface area contributed by atoms with E-state index in [0.29, 0.717) is 39.8 Å². The Bertz CT molecular complexity index is 1020. The number of halogens is 1. The van der Waals surface area contributed by atoms with Crippen molar-refractivity contribution in [3.63, 3.8) is 0 Å². The number of rotatable bonds is 12. The molecule has 1 aromatic carbocycles. The predicted molar refractivity (Wildman–Crippen MR) is 140 cm³/mol. The summed E-state index contributed by atoms with van der Waals surface area (Å²) in [6.45, 7) is 6.84. The third kappa shape index (κ3) is 7.52. The molecule has 0 radical (unpaired) electrons. The maximum Gasteiger partial charge on any atom is 0.252 e. The number of carbonyl (C=O) groups is 1. The minimum atomic E-state index is -3.51. The Balaban J connectivity index is 1.48. The highest BCUT2D eigenvalue weighted by Gasteiger charge is 2.30. The zero-order valence-corrected chi connectivity index (χ0v) is 22.4. The fourth-order valence-electron chi connectivity index (χ4n) is 4.17. The van der Waals surface area contributed by atoms with E-state index in [1.165, 1.54) is 37.0 Å². The van der Waals surface area contributed by atoms with Crippen molar-refractivity contribution in [2.75, 3.05) is 19.6 Å². The molecule has 188 valence electrons. The first kappa shape index (κ1) is 27.1. The largest absolute Gasteiger partial charge is 0.347 e. The van der Waals surface area contributed by atoms with Crippen LogP contribution in [0.2, 0.25) is 5.02 Å². The fraction of sp³-hybridized carbons (Fsp3) is 0.560. The molecule has 1 aromatic heterocycles. The van der Waals surface area contributed by atoms with Crippen LogP contribution in [0.25, 0.3) is 0 Å². The third-order valence-electron chi connectivity index (χ3n) is 6.45. The normalized spacial score (nSPS) is 16.4. The minimum Gasteiger partial charge on any atom is -0.347 e. The summed E-state index contributed by atoms with van der Waals surface area (Å²) in [5, 5.41) is 7.08. The lowest BCUT2D eigenvalue weighted by Gasteiger charge is -2.32. The van der Waals surface area contributed by atoms with E-state index in [9.17, 15) is 13.2 Å². The lowest BCUT2D eigenvalue weighted by molar-refractivity contribution is 0.0951. The van der Waals surface area contributed by atoms with Crippen molar-refractivity contribution in [2.24, 2.45) is 5.92 Å². The van der Waals surface area contributed by atoms with Crippen LogP contribution in [-0.2, 0) is 16.6 Å². The highest BCUT2D eigenvalue weighted by molar-refractivity contribution is 7.91. The number of hydrogen-bond acceptors (Lipinski definition) is 5. The Hall–Kier alpha value is -1.45. The van der Waals surface area contributed by atoms with Crippen LogP contribution in [-0.4, -0.2) is 44.3 Å². The number of unbranched alkanes of at least 4 members (excludes halogenated alkanes) is 1. The van der Waals surface area contributed by atoms with Gasteiger partial charge in [0, 0.05) is 34.6 Å². The molecule has 1 saturated heterocycles. The van der Waals surface area contributed by atoms with Crippen molar-refractivity contribution < 1.29 is 13.2 Å². The molecule has 0 spiro atoms. The molecule has 1 aliphatic heterocycles. The molecule has 1 unspecified atom stereocenters. The van der Waals surface area contributed by atoms with Crippen molar-refractivity contribution >= 4 is 38.9 Å². The lowest BCUT2D eigenvalue weighted by atomic mass is 9.98. The Morgan fingerprint density at radius 1 is 1.15 bits per heavy atom. The fourth-order valence-corrected chi connectivity index (χ4v) is 7.21. The van der Waals surface area contributed by atoms with E-state index in [2.05, 4.69) is 24.5 Å². The minimum absolute atomic E-state index is 0.218. The van der Waals surface area contributed by atoms with Crippen LogP contribution in [0.3, 0.4) is 0 Å². The summed E-state index contributed by atoms with van der Waals surface area (Å²) < 4.78 is 28.2. The van der Waals surface area contributed by atoms with Gasteiger partial charge in [0.05, 0.1) is 6.54 Å². The van der Waals surface area contributed by atoms with E-state index in [4.69, 9.17) is 11.6 Å². The van der Waals surface area contributed by atoms with Gasteiger partial charge in [-0.2, -0.15) is 4.31 Å². The summed E-state index contributed by atoms with van der Waals surface area (Å²) in [5.41, 5.74) is 0.515. The Morgan fingerprint density at radius 2 is 1.85 bits per heavy atom. The molecule has 3 rings (SSSR count). The Morgan fingerprint density at radius 3 is 2.50 bits per heavy atom. The van der Waals surface area contributed by atoms with E-state index in [0.717, 1.165) is 24.3 Å². The zero-order chi connectivity index (χ0) is 24.6. The van der Waals surface area contributed by atoms with E-state index >= 15 is 0 Å². The quantitative estimate of drug-likeness (QED) is 0.394. The molecular weight excluding hydrogens is 490 g/mol. The third-order valence-corrected chi connectivity index (χ3v) is 10.2. The van der Waals surface area contributed by atoms with Gasteiger partial charge >= 0.3 is 0 Å². The van der Waals surface area contributed by atoms with E-state index in [1.54, 1.807) is 40.7 Å². The maximum absolute atomic E-state index is 13.1. The second-order valence-corrected chi connectivity index (χ2v) is 12.7. The zero-order valence-electron chi connectivity index (χ0n) is 20.1. The average molecular weight is 526 g/mol. The summed E-state index contributed by atoms with van der Waals surface area (Å²) in [6.07, 6.45) is 6.60. The van der Waals surface area contributed by atoms with Gasteiger partial charge in [0.15, 0.2) is 0 Å². The lowest BCUT2D eigenvalue weighted by Crippen LogP contribution is -2.45. The van der Waals surface area contributed by atoms with Crippen molar-refractivity contribution in [1.29, 1.82) is 0 Å².